The van der Waals surface area contributed by atoms with Crippen LogP contribution in [0.2, 0.25) is 0 Å². The highest BCUT2D eigenvalue weighted by Gasteiger charge is 2.46. The smallest absolute Gasteiger partial charge is 0.410 e. The van der Waals surface area contributed by atoms with Crippen molar-refractivity contribution in [2.75, 3.05) is 26.2 Å². The SMILES string of the molecule is CC(C)(C)OC(=O)N1CCC(O[C@H]2C[C@H](N3CCC(c4ccc5c(c4F)CN(C4CCC(=O)NC4=O)C5=O)C(C)(C)C3)C2)CC1. The van der Waals surface area contributed by atoms with E-state index in [-0.39, 0.29) is 66.7 Å². The maximum atomic E-state index is 16.1. The van der Waals surface area contributed by atoms with Gasteiger partial charge in [-0.25, -0.2) is 9.18 Å². The third kappa shape index (κ3) is 6.48. The Hall–Kier alpha value is -3.05. The lowest BCUT2D eigenvalue weighted by molar-refractivity contribution is -0.136. The van der Waals surface area contributed by atoms with Gasteiger partial charge in [0.25, 0.3) is 5.91 Å². The van der Waals surface area contributed by atoms with Crippen LogP contribution in [0.15, 0.2) is 12.1 Å². The van der Waals surface area contributed by atoms with Gasteiger partial charge < -0.3 is 19.3 Å². The minimum Gasteiger partial charge on any atom is -0.444 e. The van der Waals surface area contributed by atoms with Crippen molar-refractivity contribution in [3.8, 4) is 0 Å². The van der Waals surface area contributed by atoms with Crippen LogP contribution in [0.25, 0.3) is 0 Å². The lowest BCUT2D eigenvalue weighted by Gasteiger charge is -2.51. The molecule has 4 amide bonds. The molecule has 10 nitrogen and oxygen atoms in total. The van der Waals surface area contributed by atoms with Crippen LogP contribution < -0.4 is 5.32 Å². The highest BCUT2D eigenvalue weighted by molar-refractivity contribution is 6.05. The fourth-order valence-electron chi connectivity index (χ4n) is 7.90. The number of likely N-dealkylation sites (tertiary alicyclic amines) is 2. The molecule has 1 aromatic rings. The minimum atomic E-state index is -0.759. The Kier molecular flexibility index (Phi) is 8.48. The van der Waals surface area contributed by atoms with Crippen LogP contribution in [0.1, 0.15) is 107 Å². The van der Waals surface area contributed by atoms with Crippen molar-refractivity contribution in [3.05, 3.63) is 34.6 Å². The van der Waals surface area contributed by atoms with Gasteiger partial charge in [-0.1, -0.05) is 19.9 Å². The first-order valence-electron chi connectivity index (χ1n) is 16.5. The predicted octanol–water partition coefficient (Wildman–Crippen LogP) is 4.35. The molecule has 4 aliphatic heterocycles. The number of carbonyl (C=O) groups excluding carboxylic acids is 4. The minimum absolute atomic E-state index is 0.00100. The van der Waals surface area contributed by atoms with E-state index in [1.165, 1.54) is 4.90 Å². The van der Waals surface area contributed by atoms with E-state index in [0.29, 0.717) is 35.8 Å². The Morgan fingerprint density at radius 1 is 1.00 bits per heavy atom. The molecule has 2 atom stereocenters. The largest absolute Gasteiger partial charge is 0.444 e. The Morgan fingerprint density at radius 3 is 2.36 bits per heavy atom. The van der Waals surface area contributed by atoms with E-state index in [1.54, 1.807) is 17.0 Å². The molecule has 45 heavy (non-hydrogen) atoms. The van der Waals surface area contributed by atoms with Gasteiger partial charge in [-0.15, -0.1) is 0 Å². The van der Waals surface area contributed by atoms with Crippen molar-refractivity contribution >= 4 is 23.8 Å². The molecule has 0 bridgehead atoms. The number of piperidine rings is 3. The number of carbonyl (C=O) groups is 4. The average molecular weight is 627 g/mol. The highest BCUT2D eigenvalue weighted by atomic mass is 19.1. The van der Waals surface area contributed by atoms with E-state index in [1.807, 2.05) is 20.8 Å². The Morgan fingerprint density at radius 2 is 1.71 bits per heavy atom. The number of rotatable bonds is 5. The zero-order chi connectivity index (χ0) is 32.3. The van der Waals surface area contributed by atoms with Gasteiger partial charge in [0.2, 0.25) is 11.8 Å². The number of ether oxygens (including phenoxy) is 2. The summed E-state index contributed by atoms with van der Waals surface area (Å²) in [6, 6.07) is 3.17. The Labute approximate surface area is 264 Å². The van der Waals surface area contributed by atoms with Gasteiger partial charge in [-0.3, -0.25) is 24.6 Å². The molecule has 0 radical (unpaired) electrons. The first kappa shape index (κ1) is 31.9. The van der Waals surface area contributed by atoms with Crippen molar-refractivity contribution in [1.29, 1.82) is 0 Å². The lowest BCUT2D eigenvalue weighted by atomic mass is 9.69. The third-order valence-corrected chi connectivity index (χ3v) is 10.4. The van der Waals surface area contributed by atoms with Crippen LogP contribution >= 0.6 is 0 Å². The van der Waals surface area contributed by atoms with Gasteiger partial charge in [-0.05, 0) is 88.8 Å². The molecule has 1 N–H and O–H groups in total. The summed E-state index contributed by atoms with van der Waals surface area (Å²) in [6.45, 7) is 13.1. The van der Waals surface area contributed by atoms with E-state index >= 15 is 4.39 Å². The number of amides is 4. The number of nitrogens with one attached hydrogen (secondary N) is 1. The summed E-state index contributed by atoms with van der Waals surface area (Å²) in [7, 11) is 0. The van der Waals surface area contributed by atoms with Crippen LogP contribution in [-0.2, 0) is 25.6 Å². The van der Waals surface area contributed by atoms with Crippen LogP contribution in [-0.4, -0.2) is 94.6 Å². The number of hydrogen-bond donors (Lipinski definition) is 1. The maximum Gasteiger partial charge on any atom is 0.410 e. The summed E-state index contributed by atoms with van der Waals surface area (Å²) in [5, 5.41) is 2.30. The van der Waals surface area contributed by atoms with Crippen LogP contribution in [0.4, 0.5) is 9.18 Å². The number of benzene rings is 1. The van der Waals surface area contributed by atoms with Crippen molar-refractivity contribution < 1.29 is 33.0 Å². The summed E-state index contributed by atoms with van der Waals surface area (Å²) in [5.74, 6) is -1.52. The van der Waals surface area contributed by atoms with E-state index in [0.717, 1.165) is 45.2 Å². The maximum absolute atomic E-state index is 16.1. The van der Waals surface area contributed by atoms with Crippen molar-refractivity contribution in [2.45, 2.75) is 122 Å². The molecular formula is C34H47FN4O6. The van der Waals surface area contributed by atoms with Crippen molar-refractivity contribution in [3.63, 3.8) is 0 Å². The third-order valence-electron chi connectivity index (χ3n) is 10.4. The quantitative estimate of drug-likeness (QED) is 0.485. The number of fused-ring (bicyclic) bond motifs is 1. The van der Waals surface area contributed by atoms with Crippen LogP contribution in [0, 0.1) is 11.2 Å². The van der Waals surface area contributed by atoms with Crippen LogP contribution in [0.3, 0.4) is 0 Å². The van der Waals surface area contributed by atoms with Crippen LogP contribution in [0.5, 0.6) is 0 Å². The molecule has 0 aromatic heterocycles. The molecule has 1 aliphatic carbocycles. The number of imide groups is 1. The fraction of sp³-hybridized carbons (Fsp3) is 0.706. The zero-order valence-electron chi connectivity index (χ0n) is 27.2. The molecule has 4 fully saturated rings. The van der Waals surface area contributed by atoms with Gasteiger partial charge in [0.05, 0.1) is 18.8 Å². The van der Waals surface area contributed by atoms with Gasteiger partial charge in [-0.2, -0.15) is 0 Å². The summed E-state index contributed by atoms with van der Waals surface area (Å²) in [4.78, 5) is 55.2. The first-order valence-corrected chi connectivity index (χ1v) is 16.5. The molecule has 4 heterocycles. The molecule has 2 unspecified atom stereocenters. The molecule has 6 rings (SSSR count). The van der Waals surface area contributed by atoms with Gasteiger partial charge >= 0.3 is 6.09 Å². The van der Waals surface area contributed by atoms with Gasteiger partial charge in [0, 0.05) is 43.2 Å². The van der Waals surface area contributed by atoms with E-state index in [2.05, 4.69) is 24.1 Å². The molecule has 246 valence electrons. The Balaban J connectivity index is 1.01. The van der Waals surface area contributed by atoms with Gasteiger partial charge in [0.1, 0.15) is 17.5 Å². The molecular weight excluding hydrogens is 579 g/mol. The lowest BCUT2D eigenvalue weighted by Crippen LogP contribution is -2.55. The van der Waals surface area contributed by atoms with Crippen molar-refractivity contribution in [1.82, 2.24) is 20.0 Å². The second kappa shape index (κ2) is 12.0. The average Bonchev–Trinajstić information content (AvgIpc) is 3.26. The number of halogens is 1. The number of nitrogens with zero attached hydrogens (tertiary/aromatic N) is 3. The van der Waals surface area contributed by atoms with Crippen molar-refractivity contribution in [2.24, 2.45) is 5.41 Å². The normalized spacial score (nSPS) is 29.3. The molecule has 1 saturated carbocycles. The second-order valence-electron chi connectivity index (χ2n) is 15.2. The molecule has 0 spiro atoms. The molecule has 1 aromatic carbocycles. The summed E-state index contributed by atoms with van der Waals surface area (Å²) in [6.07, 6.45) is 4.99. The second-order valence-corrected chi connectivity index (χ2v) is 15.2. The van der Waals surface area contributed by atoms with E-state index in [4.69, 9.17) is 9.47 Å². The first-order chi connectivity index (χ1) is 21.2. The Bertz CT molecular complexity index is 1360. The number of hydrogen-bond acceptors (Lipinski definition) is 7. The standard InChI is InChI=1S/C34H47FN4O6/c1-33(2,3)45-32(43)37-13-10-21(11-14-37)44-22-16-20(17-22)38-15-12-26(34(4,5)19-38)24-7-6-23-25(29(24)35)18-39(31(23)42)27-8-9-28(40)36-30(27)41/h6-7,20-22,26-27H,8-19H2,1-5H3,(H,36,40,41)/t20-,22-,26?,27?. The summed E-state index contributed by atoms with van der Waals surface area (Å²) < 4.78 is 28.1. The molecule has 3 saturated heterocycles. The zero-order valence-corrected chi connectivity index (χ0v) is 27.2. The fourth-order valence-corrected chi connectivity index (χ4v) is 7.90. The highest BCUT2D eigenvalue weighted by Crippen LogP contribution is 2.47. The van der Waals surface area contributed by atoms with E-state index in [9.17, 15) is 19.2 Å². The summed E-state index contributed by atoms with van der Waals surface area (Å²) >= 11 is 0. The predicted molar refractivity (Wildman–Crippen MR) is 164 cm³/mol. The molecule has 5 aliphatic rings. The monoisotopic (exact) mass is 626 g/mol. The van der Waals surface area contributed by atoms with E-state index < -0.39 is 17.6 Å². The topological polar surface area (TPSA) is 108 Å². The molecule has 11 heteroatoms. The summed E-state index contributed by atoms with van der Waals surface area (Å²) in [5.41, 5.74) is 0.637. The van der Waals surface area contributed by atoms with Gasteiger partial charge in [0.15, 0.2) is 0 Å².